The molecule has 0 aliphatic carbocycles. The summed E-state index contributed by atoms with van der Waals surface area (Å²) in [5.41, 5.74) is -0.0162. The molecular formula is C9H6F3N. The lowest BCUT2D eigenvalue weighted by molar-refractivity contribution is -0.137. The van der Waals surface area contributed by atoms with E-state index in [9.17, 15) is 13.2 Å². The van der Waals surface area contributed by atoms with E-state index in [2.05, 4.69) is 0 Å². The second-order valence-electron chi connectivity index (χ2n) is 2.51. The predicted octanol–water partition coefficient (Wildman–Crippen LogP) is 2.86. The van der Waals surface area contributed by atoms with Gasteiger partial charge >= 0.3 is 6.18 Å². The fraction of sp³-hybridized carbons (Fsp3) is 0.222. The van der Waals surface area contributed by atoms with Crippen molar-refractivity contribution in [1.29, 1.82) is 5.26 Å². The van der Waals surface area contributed by atoms with Crippen LogP contribution < -0.4 is 0 Å². The maximum Gasteiger partial charge on any atom is 0.408 e. The topological polar surface area (TPSA) is 23.8 Å². The number of hydrogen-bond acceptors (Lipinski definition) is 1. The lowest BCUT2D eigenvalue weighted by atomic mass is 10.0. The van der Waals surface area contributed by atoms with E-state index in [4.69, 9.17) is 5.26 Å². The highest BCUT2D eigenvalue weighted by atomic mass is 19.4. The van der Waals surface area contributed by atoms with Crippen molar-refractivity contribution in [3.05, 3.63) is 35.9 Å². The van der Waals surface area contributed by atoms with Gasteiger partial charge in [0, 0.05) is 0 Å². The van der Waals surface area contributed by atoms with Gasteiger partial charge in [-0.1, -0.05) is 30.3 Å². The number of alkyl halides is 3. The van der Waals surface area contributed by atoms with E-state index in [1.54, 1.807) is 6.07 Å². The molecule has 0 unspecified atom stereocenters. The normalized spacial score (nSPS) is 13.4. The van der Waals surface area contributed by atoms with Crippen molar-refractivity contribution in [1.82, 2.24) is 0 Å². The Labute approximate surface area is 73.4 Å². The first-order chi connectivity index (χ1) is 6.05. The monoisotopic (exact) mass is 185 g/mol. The molecule has 0 saturated carbocycles. The first kappa shape index (κ1) is 9.59. The highest BCUT2D eigenvalue weighted by molar-refractivity contribution is 5.26. The minimum Gasteiger partial charge on any atom is -0.197 e. The van der Waals surface area contributed by atoms with E-state index >= 15 is 0 Å². The molecule has 0 heterocycles. The first-order valence-electron chi connectivity index (χ1n) is 3.57. The third kappa shape index (κ3) is 2.22. The second kappa shape index (κ2) is 3.48. The van der Waals surface area contributed by atoms with E-state index in [1.165, 1.54) is 30.3 Å². The van der Waals surface area contributed by atoms with Crippen LogP contribution >= 0.6 is 0 Å². The molecule has 0 saturated heterocycles. The summed E-state index contributed by atoms with van der Waals surface area (Å²) in [6, 6.07) is 8.38. The average Bonchev–Trinajstić information content (AvgIpc) is 2.05. The molecular weight excluding hydrogens is 179 g/mol. The molecule has 0 aliphatic rings. The molecule has 1 atom stereocenters. The predicted molar refractivity (Wildman–Crippen MR) is 40.9 cm³/mol. The highest BCUT2D eigenvalue weighted by Crippen LogP contribution is 2.33. The highest BCUT2D eigenvalue weighted by Gasteiger charge is 2.40. The van der Waals surface area contributed by atoms with Crippen LogP contribution in [0.1, 0.15) is 11.5 Å². The number of halogens is 3. The molecule has 1 rings (SSSR count). The van der Waals surface area contributed by atoms with Crippen LogP contribution in [0, 0.1) is 11.3 Å². The summed E-state index contributed by atoms with van der Waals surface area (Å²) in [7, 11) is 0. The third-order valence-electron chi connectivity index (χ3n) is 1.59. The van der Waals surface area contributed by atoms with Gasteiger partial charge in [-0.25, -0.2) is 0 Å². The Kier molecular flexibility index (Phi) is 2.57. The molecule has 4 heteroatoms. The van der Waals surface area contributed by atoms with Crippen LogP contribution in [-0.4, -0.2) is 6.18 Å². The molecule has 0 N–H and O–H groups in total. The molecule has 0 bridgehead atoms. The summed E-state index contributed by atoms with van der Waals surface area (Å²) in [5, 5.41) is 8.35. The lowest BCUT2D eigenvalue weighted by Crippen LogP contribution is -2.18. The number of rotatable bonds is 1. The Hall–Kier alpha value is -1.50. The maximum atomic E-state index is 12.2. The second-order valence-corrected chi connectivity index (χ2v) is 2.51. The summed E-state index contributed by atoms with van der Waals surface area (Å²) in [5.74, 6) is -2.02. The van der Waals surface area contributed by atoms with Gasteiger partial charge in [0.25, 0.3) is 0 Å². The third-order valence-corrected chi connectivity index (χ3v) is 1.59. The van der Waals surface area contributed by atoms with Crippen LogP contribution in [0.5, 0.6) is 0 Å². The van der Waals surface area contributed by atoms with Gasteiger partial charge in [-0.3, -0.25) is 0 Å². The van der Waals surface area contributed by atoms with Crippen molar-refractivity contribution >= 4 is 0 Å². The van der Waals surface area contributed by atoms with Crippen LogP contribution in [0.25, 0.3) is 0 Å². The zero-order valence-corrected chi connectivity index (χ0v) is 6.55. The van der Waals surface area contributed by atoms with Crippen LogP contribution in [0.15, 0.2) is 30.3 Å². The molecule has 1 nitrogen and oxygen atoms in total. The molecule has 1 aromatic rings. The van der Waals surface area contributed by atoms with E-state index < -0.39 is 12.1 Å². The molecule has 68 valence electrons. The van der Waals surface area contributed by atoms with Crippen LogP contribution in [0.4, 0.5) is 13.2 Å². The van der Waals surface area contributed by atoms with Gasteiger partial charge in [-0.05, 0) is 5.56 Å². The van der Waals surface area contributed by atoms with E-state index in [1.807, 2.05) is 0 Å². The quantitative estimate of drug-likeness (QED) is 0.659. The summed E-state index contributed by atoms with van der Waals surface area (Å²) in [6.45, 7) is 0. The van der Waals surface area contributed by atoms with Gasteiger partial charge in [-0.2, -0.15) is 18.4 Å². The van der Waals surface area contributed by atoms with Gasteiger partial charge in [0.2, 0.25) is 0 Å². The van der Waals surface area contributed by atoms with Gasteiger partial charge in [0.15, 0.2) is 5.92 Å². The molecule has 0 aliphatic heterocycles. The van der Waals surface area contributed by atoms with Crippen LogP contribution in [0.3, 0.4) is 0 Å². The Morgan fingerprint density at radius 2 is 1.69 bits per heavy atom. The molecule has 1 aromatic carbocycles. The Morgan fingerprint density at radius 3 is 2.08 bits per heavy atom. The van der Waals surface area contributed by atoms with Crippen molar-refractivity contribution in [3.8, 4) is 6.07 Å². The van der Waals surface area contributed by atoms with Gasteiger partial charge in [-0.15, -0.1) is 0 Å². The molecule has 0 spiro atoms. The van der Waals surface area contributed by atoms with Crippen molar-refractivity contribution in [3.63, 3.8) is 0 Å². The van der Waals surface area contributed by atoms with E-state index in [-0.39, 0.29) is 5.56 Å². The smallest absolute Gasteiger partial charge is 0.197 e. The standard InChI is InChI=1S/C9H6F3N/c10-9(11,12)8(6-13)7-4-2-1-3-5-7/h1-5,8H/t8-/m1/s1. The van der Waals surface area contributed by atoms with E-state index in [0.29, 0.717) is 0 Å². The zero-order valence-electron chi connectivity index (χ0n) is 6.55. The minimum atomic E-state index is -4.49. The molecule has 0 aromatic heterocycles. The number of nitrogens with zero attached hydrogens (tertiary/aromatic N) is 1. The fourth-order valence-corrected chi connectivity index (χ4v) is 0.982. The first-order valence-corrected chi connectivity index (χ1v) is 3.57. The number of hydrogen-bond donors (Lipinski definition) is 0. The maximum absolute atomic E-state index is 12.2. The number of nitriles is 1. The van der Waals surface area contributed by atoms with Crippen LogP contribution in [0.2, 0.25) is 0 Å². The van der Waals surface area contributed by atoms with Crippen molar-refractivity contribution in [2.75, 3.05) is 0 Å². The SMILES string of the molecule is N#C[C@H](c1ccccc1)C(F)(F)F. The van der Waals surface area contributed by atoms with Crippen molar-refractivity contribution in [2.45, 2.75) is 12.1 Å². The summed E-state index contributed by atoms with van der Waals surface area (Å²) >= 11 is 0. The lowest BCUT2D eigenvalue weighted by Gasteiger charge is -2.12. The van der Waals surface area contributed by atoms with E-state index in [0.717, 1.165) is 0 Å². The van der Waals surface area contributed by atoms with Gasteiger partial charge in [0.1, 0.15) is 0 Å². The van der Waals surface area contributed by atoms with Crippen molar-refractivity contribution < 1.29 is 13.2 Å². The van der Waals surface area contributed by atoms with Gasteiger partial charge < -0.3 is 0 Å². The Balaban J connectivity index is 3.01. The number of benzene rings is 1. The molecule has 0 fully saturated rings. The summed E-state index contributed by atoms with van der Waals surface area (Å²) < 4.78 is 36.6. The Morgan fingerprint density at radius 1 is 1.15 bits per heavy atom. The average molecular weight is 185 g/mol. The molecule has 13 heavy (non-hydrogen) atoms. The van der Waals surface area contributed by atoms with Crippen molar-refractivity contribution in [2.24, 2.45) is 0 Å². The zero-order chi connectivity index (χ0) is 9.90. The van der Waals surface area contributed by atoms with Gasteiger partial charge in [0.05, 0.1) is 6.07 Å². The summed E-state index contributed by atoms with van der Waals surface area (Å²) in [4.78, 5) is 0. The van der Waals surface area contributed by atoms with Crippen LogP contribution in [-0.2, 0) is 0 Å². The fourth-order valence-electron chi connectivity index (χ4n) is 0.982. The largest absolute Gasteiger partial charge is 0.408 e. The Bertz CT molecular complexity index is 310. The minimum absolute atomic E-state index is 0.0162. The summed E-state index contributed by atoms with van der Waals surface area (Å²) in [6.07, 6.45) is -4.49. The molecule has 0 amide bonds. The molecule has 0 radical (unpaired) electrons.